The van der Waals surface area contributed by atoms with Crippen LogP contribution in [0.1, 0.15) is 38.5 Å². The Kier molecular flexibility index (Phi) is 2.62. The van der Waals surface area contributed by atoms with E-state index in [-0.39, 0.29) is 0 Å². The van der Waals surface area contributed by atoms with Crippen molar-refractivity contribution >= 4 is 5.78 Å². The van der Waals surface area contributed by atoms with E-state index in [9.17, 15) is 4.79 Å². The first-order chi connectivity index (χ1) is 6.36. The maximum Gasteiger partial charge on any atom is 0.155 e. The Morgan fingerprint density at radius 1 is 1.23 bits per heavy atom. The second kappa shape index (κ2) is 3.91. The fourth-order valence-electron chi connectivity index (χ4n) is 2.23. The molecule has 0 saturated heterocycles. The van der Waals surface area contributed by atoms with Gasteiger partial charge in [0.05, 0.1) is 0 Å². The minimum absolute atomic E-state index is 0.334. The first-order valence-corrected chi connectivity index (χ1v) is 5.26. The standard InChI is InChI=1S/C12H16O/c13-12-8-4-7-11(9-12)10-5-2-1-3-6-10/h2,5,9-10H,1,3-4,6-8H2. The van der Waals surface area contributed by atoms with Gasteiger partial charge in [0, 0.05) is 6.42 Å². The van der Waals surface area contributed by atoms with Crippen LogP contribution >= 0.6 is 0 Å². The van der Waals surface area contributed by atoms with Crippen molar-refractivity contribution in [3.8, 4) is 0 Å². The van der Waals surface area contributed by atoms with Crippen molar-refractivity contribution < 1.29 is 4.79 Å². The summed E-state index contributed by atoms with van der Waals surface area (Å²) in [5.74, 6) is 0.915. The van der Waals surface area contributed by atoms with E-state index in [0.29, 0.717) is 11.7 Å². The number of allylic oxidation sites excluding steroid dienone is 4. The molecule has 0 aromatic carbocycles. The zero-order valence-corrected chi connectivity index (χ0v) is 7.96. The Morgan fingerprint density at radius 2 is 2.15 bits per heavy atom. The molecule has 0 heterocycles. The Bertz CT molecular complexity index is 260. The average Bonchev–Trinajstić information content (AvgIpc) is 2.19. The third-order valence-electron chi connectivity index (χ3n) is 2.97. The van der Waals surface area contributed by atoms with Crippen molar-refractivity contribution in [3.63, 3.8) is 0 Å². The highest BCUT2D eigenvalue weighted by atomic mass is 16.1. The number of ketones is 1. The van der Waals surface area contributed by atoms with Gasteiger partial charge in [0.2, 0.25) is 0 Å². The van der Waals surface area contributed by atoms with Gasteiger partial charge in [-0.05, 0) is 44.1 Å². The molecule has 0 spiro atoms. The van der Waals surface area contributed by atoms with Crippen LogP contribution in [-0.2, 0) is 4.79 Å². The van der Waals surface area contributed by atoms with Crippen LogP contribution < -0.4 is 0 Å². The zero-order valence-electron chi connectivity index (χ0n) is 7.96. The van der Waals surface area contributed by atoms with Crippen LogP contribution in [-0.4, -0.2) is 5.78 Å². The molecule has 1 atom stereocenters. The topological polar surface area (TPSA) is 17.1 Å². The van der Waals surface area contributed by atoms with Crippen molar-refractivity contribution in [2.45, 2.75) is 38.5 Å². The Labute approximate surface area is 79.5 Å². The van der Waals surface area contributed by atoms with Crippen LogP contribution in [0.2, 0.25) is 0 Å². The third kappa shape index (κ3) is 2.09. The Balaban J connectivity index is 2.10. The third-order valence-corrected chi connectivity index (χ3v) is 2.97. The van der Waals surface area contributed by atoms with Gasteiger partial charge in [0.15, 0.2) is 5.78 Å². The maximum atomic E-state index is 11.2. The fourth-order valence-corrected chi connectivity index (χ4v) is 2.23. The number of carbonyl (C=O) groups is 1. The summed E-state index contributed by atoms with van der Waals surface area (Å²) in [6.07, 6.45) is 13.2. The molecule has 0 aliphatic heterocycles. The van der Waals surface area contributed by atoms with Gasteiger partial charge >= 0.3 is 0 Å². The van der Waals surface area contributed by atoms with Gasteiger partial charge in [-0.3, -0.25) is 4.79 Å². The van der Waals surface area contributed by atoms with Crippen molar-refractivity contribution in [1.29, 1.82) is 0 Å². The van der Waals surface area contributed by atoms with Gasteiger partial charge in [0.1, 0.15) is 0 Å². The SMILES string of the molecule is O=C1C=C(C2C=CCCC2)CCC1. The van der Waals surface area contributed by atoms with Gasteiger partial charge < -0.3 is 0 Å². The van der Waals surface area contributed by atoms with E-state index >= 15 is 0 Å². The van der Waals surface area contributed by atoms with Gasteiger partial charge in [-0.25, -0.2) is 0 Å². The summed E-state index contributed by atoms with van der Waals surface area (Å²) < 4.78 is 0. The molecule has 0 amide bonds. The van der Waals surface area contributed by atoms with Crippen LogP contribution in [0.4, 0.5) is 0 Å². The number of carbonyl (C=O) groups excluding carboxylic acids is 1. The minimum atomic E-state index is 0.334. The smallest absolute Gasteiger partial charge is 0.155 e. The van der Waals surface area contributed by atoms with E-state index in [2.05, 4.69) is 12.2 Å². The predicted molar refractivity (Wildman–Crippen MR) is 53.4 cm³/mol. The van der Waals surface area contributed by atoms with Crippen molar-refractivity contribution in [2.24, 2.45) is 5.92 Å². The molecule has 0 bridgehead atoms. The molecule has 1 nitrogen and oxygen atoms in total. The molecular weight excluding hydrogens is 160 g/mol. The van der Waals surface area contributed by atoms with Crippen LogP contribution in [0.25, 0.3) is 0 Å². The quantitative estimate of drug-likeness (QED) is 0.561. The summed E-state index contributed by atoms with van der Waals surface area (Å²) >= 11 is 0. The van der Waals surface area contributed by atoms with Crippen molar-refractivity contribution in [3.05, 3.63) is 23.8 Å². The van der Waals surface area contributed by atoms with Crippen LogP contribution in [0, 0.1) is 5.92 Å². The summed E-state index contributed by atoms with van der Waals surface area (Å²) in [6, 6.07) is 0. The molecule has 0 aromatic heterocycles. The summed E-state index contributed by atoms with van der Waals surface area (Å²) in [5.41, 5.74) is 1.38. The van der Waals surface area contributed by atoms with Crippen molar-refractivity contribution in [1.82, 2.24) is 0 Å². The summed E-state index contributed by atoms with van der Waals surface area (Å²) in [6.45, 7) is 0. The molecule has 0 saturated carbocycles. The molecule has 0 aromatic rings. The predicted octanol–water partition coefficient (Wildman–Crippen LogP) is 3.02. The average molecular weight is 176 g/mol. The van der Waals surface area contributed by atoms with Crippen LogP contribution in [0.3, 0.4) is 0 Å². The summed E-state index contributed by atoms with van der Waals surface area (Å²) in [5, 5.41) is 0. The lowest BCUT2D eigenvalue weighted by molar-refractivity contribution is -0.115. The lowest BCUT2D eigenvalue weighted by atomic mass is 9.83. The second-order valence-corrected chi connectivity index (χ2v) is 4.00. The monoisotopic (exact) mass is 176 g/mol. The molecule has 0 radical (unpaired) electrons. The van der Waals surface area contributed by atoms with Crippen LogP contribution in [0.15, 0.2) is 23.8 Å². The van der Waals surface area contributed by atoms with E-state index in [1.54, 1.807) is 0 Å². The highest BCUT2D eigenvalue weighted by Crippen LogP contribution is 2.29. The first-order valence-electron chi connectivity index (χ1n) is 5.26. The Hall–Kier alpha value is -0.850. The molecule has 2 aliphatic carbocycles. The lowest BCUT2D eigenvalue weighted by Gasteiger charge is -2.22. The molecule has 2 rings (SSSR count). The number of hydrogen-bond donors (Lipinski definition) is 0. The van der Waals surface area contributed by atoms with Crippen LogP contribution in [0.5, 0.6) is 0 Å². The minimum Gasteiger partial charge on any atom is -0.295 e. The maximum absolute atomic E-state index is 11.2. The first kappa shape index (κ1) is 8.74. The van der Waals surface area contributed by atoms with Gasteiger partial charge in [-0.15, -0.1) is 0 Å². The van der Waals surface area contributed by atoms with E-state index in [1.807, 2.05) is 6.08 Å². The van der Waals surface area contributed by atoms with E-state index in [1.165, 1.54) is 24.8 Å². The van der Waals surface area contributed by atoms with Gasteiger partial charge in [-0.2, -0.15) is 0 Å². The molecule has 70 valence electrons. The normalized spacial score (nSPS) is 28.8. The summed E-state index contributed by atoms with van der Waals surface area (Å²) in [4.78, 5) is 11.2. The largest absolute Gasteiger partial charge is 0.295 e. The lowest BCUT2D eigenvalue weighted by Crippen LogP contribution is -2.11. The fraction of sp³-hybridized carbons (Fsp3) is 0.583. The highest BCUT2D eigenvalue weighted by molar-refractivity contribution is 5.91. The van der Waals surface area contributed by atoms with Crippen molar-refractivity contribution in [2.75, 3.05) is 0 Å². The molecule has 1 heteroatoms. The molecule has 2 aliphatic rings. The second-order valence-electron chi connectivity index (χ2n) is 4.00. The zero-order chi connectivity index (χ0) is 9.10. The number of hydrogen-bond acceptors (Lipinski definition) is 1. The molecule has 0 N–H and O–H groups in total. The molecule has 0 fully saturated rings. The van der Waals surface area contributed by atoms with E-state index < -0.39 is 0 Å². The van der Waals surface area contributed by atoms with E-state index in [0.717, 1.165) is 19.3 Å². The number of rotatable bonds is 1. The molecule has 13 heavy (non-hydrogen) atoms. The highest BCUT2D eigenvalue weighted by Gasteiger charge is 2.17. The summed E-state index contributed by atoms with van der Waals surface area (Å²) in [7, 11) is 0. The molecular formula is C12H16O. The van der Waals surface area contributed by atoms with Gasteiger partial charge in [-0.1, -0.05) is 17.7 Å². The Morgan fingerprint density at radius 3 is 2.85 bits per heavy atom. The molecule has 1 unspecified atom stereocenters. The van der Waals surface area contributed by atoms with E-state index in [4.69, 9.17) is 0 Å². The van der Waals surface area contributed by atoms with Gasteiger partial charge in [0.25, 0.3) is 0 Å².